The maximum Gasteiger partial charge on any atom is 0.204 e. The summed E-state index contributed by atoms with van der Waals surface area (Å²) >= 11 is 2.75. The van der Waals surface area contributed by atoms with Gasteiger partial charge in [-0.15, -0.1) is 11.3 Å². The molecule has 0 fully saturated rings. The quantitative estimate of drug-likeness (QED) is 0.812. The number of hydrogen-bond acceptors (Lipinski definition) is 5. The van der Waals surface area contributed by atoms with Crippen LogP contribution in [0.4, 0.5) is 0 Å². The SMILES string of the molecule is NC(C(=O)c1ccsn1)c1cccs1. The summed E-state index contributed by atoms with van der Waals surface area (Å²) in [4.78, 5) is 12.6. The Morgan fingerprint density at radius 3 is 2.86 bits per heavy atom. The van der Waals surface area contributed by atoms with Crippen molar-refractivity contribution in [2.24, 2.45) is 5.73 Å². The van der Waals surface area contributed by atoms with E-state index in [0.29, 0.717) is 5.69 Å². The molecule has 3 nitrogen and oxygen atoms in total. The lowest BCUT2D eigenvalue weighted by molar-refractivity contribution is 0.0959. The van der Waals surface area contributed by atoms with Crippen LogP contribution in [0.3, 0.4) is 0 Å². The Labute approximate surface area is 89.4 Å². The summed E-state index contributed by atoms with van der Waals surface area (Å²) in [6.07, 6.45) is 0. The zero-order valence-corrected chi connectivity index (χ0v) is 8.85. The van der Waals surface area contributed by atoms with Crippen LogP contribution in [0.5, 0.6) is 0 Å². The maximum atomic E-state index is 11.7. The van der Waals surface area contributed by atoms with Crippen molar-refractivity contribution in [1.29, 1.82) is 0 Å². The summed E-state index contributed by atoms with van der Waals surface area (Å²) in [5, 5.41) is 3.68. The number of carbonyl (C=O) groups is 1. The van der Waals surface area contributed by atoms with E-state index < -0.39 is 6.04 Å². The zero-order chi connectivity index (χ0) is 9.97. The Morgan fingerprint density at radius 2 is 2.29 bits per heavy atom. The monoisotopic (exact) mass is 224 g/mol. The first-order valence-electron chi connectivity index (χ1n) is 4.02. The average Bonchev–Trinajstić information content (AvgIpc) is 2.87. The van der Waals surface area contributed by atoms with E-state index in [1.807, 2.05) is 17.5 Å². The van der Waals surface area contributed by atoms with Crippen molar-refractivity contribution < 1.29 is 4.79 Å². The van der Waals surface area contributed by atoms with Gasteiger partial charge in [0.2, 0.25) is 5.78 Å². The number of carbonyl (C=O) groups excluding carboxylic acids is 1. The van der Waals surface area contributed by atoms with E-state index in [1.54, 1.807) is 11.4 Å². The average molecular weight is 224 g/mol. The molecule has 0 aliphatic rings. The van der Waals surface area contributed by atoms with Gasteiger partial charge in [0.05, 0.1) is 0 Å². The van der Waals surface area contributed by atoms with Crippen LogP contribution in [0.2, 0.25) is 0 Å². The molecule has 0 saturated carbocycles. The molecule has 1 unspecified atom stereocenters. The molecule has 14 heavy (non-hydrogen) atoms. The van der Waals surface area contributed by atoms with Gasteiger partial charge in [-0.05, 0) is 29.0 Å². The van der Waals surface area contributed by atoms with Crippen molar-refractivity contribution in [3.63, 3.8) is 0 Å². The van der Waals surface area contributed by atoms with E-state index in [-0.39, 0.29) is 5.78 Å². The lowest BCUT2D eigenvalue weighted by Gasteiger charge is -2.05. The van der Waals surface area contributed by atoms with E-state index >= 15 is 0 Å². The minimum atomic E-state index is -0.572. The smallest absolute Gasteiger partial charge is 0.204 e. The van der Waals surface area contributed by atoms with Gasteiger partial charge in [-0.1, -0.05) is 6.07 Å². The number of nitrogens with zero attached hydrogens (tertiary/aromatic N) is 1. The molecule has 72 valence electrons. The highest BCUT2D eigenvalue weighted by molar-refractivity contribution is 7.10. The third kappa shape index (κ3) is 1.75. The Balaban J connectivity index is 2.21. The van der Waals surface area contributed by atoms with Crippen LogP contribution in [0.15, 0.2) is 29.0 Å². The van der Waals surface area contributed by atoms with E-state index in [9.17, 15) is 4.79 Å². The molecular weight excluding hydrogens is 216 g/mol. The largest absolute Gasteiger partial charge is 0.317 e. The number of Topliss-reactive ketones (excluding diaryl/α,β-unsaturated/α-hetero) is 1. The minimum absolute atomic E-state index is 0.117. The number of hydrogen-bond donors (Lipinski definition) is 1. The third-order valence-electron chi connectivity index (χ3n) is 1.82. The topological polar surface area (TPSA) is 56.0 Å². The van der Waals surface area contributed by atoms with E-state index in [1.165, 1.54) is 22.9 Å². The van der Waals surface area contributed by atoms with Gasteiger partial charge in [0.15, 0.2) is 0 Å². The fourth-order valence-corrected chi connectivity index (χ4v) is 2.34. The van der Waals surface area contributed by atoms with Gasteiger partial charge in [0.25, 0.3) is 0 Å². The Morgan fingerprint density at radius 1 is 1.43 bits per heavy atom. The number of aromatic nitrogens is 1. The molecule has 0 spiro atoms. The molecule has 2 heterocycles. The van der Waals surface area contributed by atoms with E-state index in [2.05, 4.69) is 4.37 Å². The molecule has 0 radical (unpaired) electrons. The molecule has 0 amide bonds. The van der Waals surface area contributed by atoms with Gasteiger partial charge in [-0.3, -0.25) is 4.79 Å². The van der Waals surface area contributed by atoms with E-state index in [4.69, 9.17) is 5.73 Å². The van der Waals surface area contributed by atoms with E-state index in [0.717, 1.165) is 4.88 Å². The Kier molecular flexibility index (Phi) is 2.72. The number of nitrogens with two attached hydrogens (primary N) is 1. The third-order valence-corrected chi connectivity index (χ3v) is 3.34. The van der Waals surface area contributed by atoms with Crippen molar-refractivity contribution in [2.75, 3.05) is 0 Å². The van der Waals surface area contributed by atoms with Crippen LogP contribution in [-0.4, -0.2) is 10.2 Å². The van der Waals surface area contributed by atoms with Crippen molar-refractivity contribution in [1.82, 2.24) is 4.37 Å². The molecule has 0 aliphatic heterocycles. The molecular formula is C9H8N2OS2. The highest BCUT2D eigenvalue weighted by Crippen LogP contribution is 2.20. The lowest BCUT2D eigenvalue weighted by Crippen LogP contribution is -2.20. The summed E-state index contributed by atoms with van der Waals surface area (Å²) in [5.74, 6) is -0.117. The predicted molar refractivity (Wildman–Crippen MR) is 57.7 cm³/mol. The normalized spacial score (nSPS) is 12.6. The first kappa shape index (κ1) is 9.51. The summed E-state index contributed by atoms with van der Waals surface area (Å²) in [6.45, 7) is 0. The maximum absolute atomic E-state index is 11.7. The Bertz CT molecular complexity index is 408. The molecule has 5 heteroatoms. The highest BCUT2D eigenvalue weighted by atomic mass is 32.1. The number of rotatable bonds is 3. The van der Waals surface area contributed by atoms with Crippen LogP contribution in [0.1, 0.15) is 21.4 Å². The molecule has 2 N–H and O–H groups in total. The molecule has 2 aromatic rings. The van der Waals surface area contributed by atoms with Gasteiger partial charge in [0.1, 0.15) is 11.7 Å². The highest BCUT2D eigenvalue weighted by Gasteiger charge is 2.19. The van der Waals surface area contributed by atoms with Gasteiger partial charge in [0, 0.05) is 10.3 Å². The second-order valence-corrected chi connectivity index (χ2v) is 4.39. The summed E-state index contributed by atoms with van der Waals surface area (Å²) in [6, 6.07) is 4.87. The second-order valence-electron chi connectivity index (χ2n) is 2.74. The molecule has 1 atom stereocenters. The van der Waals surface area contributed by atoms with Crippen LogP contribution in [0.25, 0.3) is 0 Å². The zero-order valence-electron chi connectivity index (χ0n) is 7.21. The van der Waals surface area contributed by atoms with Crippen molar-refractivity contribution in [3.8, 4) is 0 Å². The fourth-order valence-electron chi connectivity index (χ4n) is 1.10. The predicted octanol–water partition coefficient (Wildman–Crippen LogP) is 2.09. The number of thiophene rings is 1. The summed E-state index contributed by atoms with van der Waals surface area (Å²) in [7, 11) is 0. The van der Waals surface area contributed by atoms with Crippen LogP contribution < -0.4 is 5.73 Å². The van der Waals surface area contributed by atoms with Gasteiger partial charge in [-0.2, -0.15) is 4.37 Å². The molecule has 0 aromatic carbocycles. The molecule has 2 aromatic heterocycles. The Hall–Kier alpha value is -1.04. The van der Waals surface area contributed by atoms with Crippen molar-refractivity contribution >= 4 is 28.7 Å². The first-order valence-corrected chi connectivity index (χ1v) is 5.74. The van der Waals surface area contributed by atoms with Gasteiger partial charge in [-0.25, -0.2) is 0 Å². The standard InChI is InChI=1S/C9H8N2OS2/c10-8(7-2-1-4-13-7)9(12)6-3-5-14-11-6/h1-5,8H,10H2. The van der Waals surface area contributed by atoms with Crippen LogP contribution in [-0.2, 0) is 0 Å². The van der Waals surface area contributed by atoms with Crippen LogP contribution >= 0.6 is 22.9 Å². The molecule has 0 saturated heterocycles. The molecule has 0 bridgehead atoms. The first-order chi connectivity index (χ1) is 6.79. The summed E-state index contributed by atoms with van der Waals surface area (Å²) < 4.78 is 3.96. The lowest BCUT2D eigenvalue weighted by atomic mass is 10.1. The molecule has 2 rings (SSSR count). The fraction of sp³-hybridized carbons (Fsp3) is 0.111. The van der Waals surface area contributed by atoms with Gasteiger partial charge >= 0.3 is 0 Å². The summed E-state index contributed by atoms with van der Waals surface area (Å²) in [5.41, 5.74) is 6.25. The van der Waals surface area contributed by atoms with Gasteiger partial charge < -0.3 is 5.73 Å². The second kappa shape index (κ2) is 4.00. The van der Waals surface area contributed by atoms with Crippen LogP contribution in [0, 0.1) is 0 Å². The minimum Gasteiger partial charge on any atom is -0.317 e. The molecule has 0 aliphatic carbocycles. The number of ketones is 1. The van der Waals surface area contributed by atoms with Crippen molar-refractivity contribution in [3.05, 3.63) is 39.5 Å². The van der Waals surface area contributed by atoms with Crippen molar-refractivity contribution in [2.45, 2.75) is 6.04 Å².